The number of fused-ring (bicyclic) bond motifs is 1. The first-order chi connectivity index (χ1) is 19.2. The summed E-state index contributed by atoms with van der Waals surface area (Å²) in [6.45, 7) is 6.76. The quantitative estimate of drug-likeness (QED) is 0.197. The van der Waals surface area contributed by atoms with Gasteiger partial charge in [0.2, 0.25) is 0 Å². The molecular weight excluding hydrogens is 548 g/mol. The van der Waals surface area contributed by atoms with Gasteiger partial charge in [0.05, 0.1) is 5.52 Å². The minimum Gasteiger partial charge on any atom is -0.478 e. The fraction of sp³-hybridized carbons (Fsp3) is 0.233. The molecule has 0 spiro atoms. The number of rotatable bonds is 9. The summed E-state index contributed by atoms with van der Waals surface area (Å²) in [7, 11) is 4.27. The topological polar surface area (TPSA) is 165 Å². The molecule has 1 aromatic heterocycles. The van der Waals surface area contributed by atoms with Gasteiger partial charge in [0.1, 0.15) is 5.03 Å². The van der Waals surface area contributed by atoms with Crippen molar-refractivity contribution in [3.05, 3.63) is 84.5 Å². The molecule has 10 nitrogen and oxygen atoms in total. The fourth-order valence-electron chi connectivity index (χ4n) is 3.06. The van der Waals surface area contributed by atoms with Crippen molar-refractivity contribution in [2.24, 2.45) is 0 Å². The number of para-hydroxylation sites is 1. The van der Waals surface area contributed by atoms with Gasteiger partial charge in [-0.05, 0) is 52.1 Å². The molecule has 0 aliphatic heterocycles. The van der Waals surface area contributed by atoms with Crippen LogP contribution in [0.3, 0.4) is 0 Å². The molecule has 41 heavy (non-hydrogen) atoms. The molecule has 0 amide bonds. The highest BCUT2D eigenvalue weighted by molar-refractivity contribution is 7.99. The van der Waals surface area contributed by atoms with E-state index >= 15 is 0 Å². The Kier molecular flexibility index (Phi) is 14.0. The van der Waals surface area contributed by atoms with Crippen LogP contribution in [0.25, 0.3) is 22.0 Å². The Bertz CT molecular complexity index is 1350. The lowest BCUT2D eigenvalue weighted by molar-refractivity contribution is -0.134. The third-order valence-electron chi connectivity index (χ3n) is 5.69. The first-order valence-electron chi connectivity index (χ1n) is 12.2. The molecule has 0 aliphatic carbocycles. The van der Waals surface area contributed by atoms with Gasteiger partial charge in [0.15, 0.2) is 0 Å². The van der Waals surface area contributed by atoms with Crippen LogP contribution in [0.5, 0.6) is 0 Å². The maximum Gasteiger partial charge on any atom is 0.328 e. The number of aliphatic carboxylic acids is 4. The number of hydrogen-bond acceptors (Lipinski definition) is 7. The maximum absolute atomic E-state index is 9.55. The molecule has 0 fully saturated rings. The minimum atomic E-state index is -1.26. The summed E-state index contributed by atoms with van der Waals surface area (Å²) in [5.41, 5.74) is 4.99. The molecule has 3 rings (SSSR count). The molecule has 0 unspecified atom stereocenters. The van der Waals surface area contributed by atoms with Gasteiger partial charge < -0.3 is 25.3 Å². The number of benzene rings is 2. The van der Waals surface area contributed by atoms with Gasteiger partial charge in [0.25, 0.3) is 0 Å². The lowest BCUT2D eigenvalue weighted by atomic mass is 9.99. The van der Waals surface area contributed by atoms with Crippen LogP contribution in [0.4, 0.5) is 0 Å². The Morgan fingerprint density at radius 2 is 1.22 bits per heavy atom. The van der Waals surface area contributed by atoms with E-state index in [4.69, 9.17) is 25.4 Å². The molecule has 0 bridgehead atoms. The van der Waals surface area contributed by atoms with E-state index in [-0.39, 0.29) is 5.54 Å². The zero-order chi connectivity index (χ0) is 31.2. The fourth-order valence-corrected chi connectivity index (χ4v) is 4.38. The first kappa shape index (κ1) is 34.5. The molecular formula is C30H34N2O8S. The van der Waals surface area contributed by atoms with E-state index in [1.807, 2.05) is 11.8 Å². The number of carboxylic acid groups (broad SMARTS) is 4. The number of aryl methyl sites for hydroxylation is 1. The third-order valence-corrected chi connectivity index (χ3v) is 7.11. The van der Waals surface area contributed by atoms with Crippen LogP contribution in [0, 0.1) is 6.92 Å². The Balaban J connectivity index is 0.000000433. The minimum absolute atomic E-state index is 0.111. The van der Waals surface area contributed by atoms with E-state index in [0.29, 0.717) is 24.3 Å². The van der Waals surface area contributed by atoms with Gasteiger partial charge in [-0.15, -0.1) is 11.8 Å². The molecule has 3 aromatic rings. The number of thioether (sulfide) groups is 1. The van der Waals surface area contributed by atoms with Gasteiger partial charge in [-0.25, -0.2) is 24.2 Å². The van der Waals surface area contributed by atoms with E-state index in [9.17, 15) is 19.2 Å². The van der Waals surface area contributed by atoms with Crippen LogP contribution < -0.4 is 0 Å². The van der Waals surface area contributed by atoms with Gasteiger partial charge >= 0.3 is 23.9 Å². The van der Waals surface area contributed by atoms with Crippen molar-refractivity contribution in [2.45, 2.75) is 31.3 Å². The number of hydrogen-bond donors (Lipinski definition) is 4. The zero-order valence-corrected chi connectivity index (χ0v) is 24.3. The normalized spacial score (nSPS) is 11.1. The van der Waals surface area contributed by atoms with Gasteiger partial charge in [-0.1, -0.05) is 48.5 Å². The maximum atomic E-state index is 9.55. The van der Waals surface area contributed by atoms with Crippen molar-refractivity contribution in [2.75, 3.05) is 19.8 Å². The van der Waals surface area contributed by atoms with E-state index in [1.54, 1.807) is 0 Å². The lowest BCUT2D eigenvalue weighted by Gasteiger charge is -2.32. The van der Waals surface area contributed by atoms with Crippen LogP contribution in [-0.2, 0) is 19.2 Å². The Morgan fingerprint density at radius 3 is 1.66 bits per heavy atom. The summed E-state index contributed by atoms with van der Waals surface area (Å²) in [6, 6.07) is 19.1. The molecule has 11 heteroatoms. The van der Waals surface area contributed by atoms with Crippen LogP contribution in [0.1, 0.15) is 19.4 Å². The van der Waals surface area contributed by atoms with Crippen LogP contribution in [0.15, 0.2) is 83.9 Å². The number of carboxylic acids is 4. The van der Waals surface area contributed by atoms with E-state index in [1.165, 1.54) is 22.1 Å². The van der Waals surface area contributed by atoms with Crippen LogP contribution >= 0.6 is 11.8 Å². The van der Waals surface area contributed by atoms with Crippen molar-refractivity contribution in [3.63, 3.8) is 0 Å². The van der Waals surface area contributed by atoms with Crippen molar-refractivity contribution in [1.82, 2.24) is 9.88 Å². The highest BCUT2D eigenvalue weighted by Crippen LogP contribution is 2.37. The number of nitrogens with zero attached hydrogens (tertiary/aromatic N) is 2. The molecule has 0 aliphatic rings. The number of pyridine rings is 1. The van der Waals surface area contributed by atoms with Crippen LogP contribution in [0.2, 0.25) is 0 Å². The second-order valence-corrected chi connectivity index (χ2v) is 10.3. The summed E-state index contributed by atoms with van der Waals surface area (Å²) in [6.07, 6.45) is 2.23. The summed E-state index contributed by atoms with van der Waals surface area (Å²) in [4.78, 5) is 45.5. The molecule has 218 valence electrons. The summed E-state index contributed by atoms with van der Waals surface area (Å²) in [5, 5.41) is 33.6. The van der Waals surface area contributed by atoms with Crippen molar-refractivity contribution >= 4 is 46.5 Å². The molecule has 0 saturated heterocycles. The molecule has 0 saturated carbocycles. The summed E-state index contributed by atoms with van der Waals surface area (Å²) >= 11 is 1.85. The van der Waals surface area contributed by atoms with E-state index in [2.05, 4.69) is 94.4 Å². The van der Waals surface area contributed by atoms with Crippen molar-refractivity contribution in [1.29, 1.82) is 0 Å². The van der Waals surface area contributed by atoms with Crippen molar-refractivity contribution in [3.8, 4) is 11.1 Å². The standard InChI is InChI=1S/C22H26N2S.2C4H4O4/c1-16-18-13-9-10-14-19(18)23-21(25-15-22(2,3)24(4)5)20(16)17-11-7-6-8-12-17;2*5-3(6)1-2-4(7)8/h6-14H,15H2,1-5H3;2*1-2H,(H,5,6)(H,7,8)/b;2*2-1+. The largest absolute Gasteiger partial charge is 0.478 e. The number of aromatic nitrogens is 1. The van der Waals surface area contributed by atoms with E-state index in [0.717, 1.165) is 16.3 Å². The molecule has 4 N–H and O–H groups in total. The number of carbonyl (C=O) groups is 4. The molecule has 2 aromatic carbocycles. The van der Waals surface area contributed by atoms with Gasteiger partial charge in [-0.2, -0.15) is 0 Å². The van der Waals surface area contributed by atoms with Crippen LogP contribution in [-0.4, -0.2) is 79.6 Å². The predicted octanol–water partition coefficient (Wildman–Crippen LogP) is 5.07. The predicted molar refractivity (Wildman–Crippen MR) is 159 cm³/mol. The summed E-state index contributed by atoms with van der Waals surface area (Å²) < 4.78 is 0. The van der Waals surface area contributed by atoms with Gasteiger partial charge in [-0.3, -0.25) is 0 Å². The second kappa shape index (κ2) is 16.6. The first-order valence-corrected chi connectivity index (χ1v) is 13.2. The Labute approximate surface area is 242 Å². The second-order valence-electron chi connectivity index (χ2n) is 9.32. The Morgan fingerprint density at radius 1 is 0.780 bits per heavy atom. The molecule has 0 atom stereocenters. The average molecular weight is 583 g/mol. The Hall–Kier alpha value is -4.48. The SMILES string of the molecule is Cc1c(-c2ccccc2)c(SCC(C)(C)N(C)C)nc2ccccc12.O=C(O)/C=C/C(=O)O.O=C(O)/C=C/C(=O)O. The zero-order valence-electron chi connectivity index (χ0n) is 23.4. The highest BCUT2D eigenvalue weighted by atomic mass is 32.2. The highest BCUT2D eigenvalue weighted by Gasteiger charge is 2.23. The van der Waals surface area contributed by atoms with Gasteiger partial charge in [0, 0.05) is 46.5 Å². The van der Waals surface area contributed by atoms with Crippen molar-refractivity contribution < 1.29 is 39.6 Å². The monoisotopic (exact) mass is 582 g/mol. The van der Waals surface area contributed by atoms with E-state index < -0.39 is 23.9 Å². The average Bonchev–Trinajstić information content (AvgIpc) is 2.91. The molecule has 1 heterocycles. The summed E-state index contributed by atoms with van der Waals surface area (Å²) in [5.74, 6) is -4.04. The molecule has 0 radical (unpaired) electrons. The smallest absolute Gasteiger partial charge is 0.328 e. The lowest BCUT2D eigenvalue weighted by Crippen LogP contribution is -2.40. The third kappa shape index (κ3) is 12.5.